The molecular weight excluding hydrogens is 272 g/mol. The molecule has 1 unspecified atom stereocenters. The number of nitrogens with zero attached hydrogens (tertiary/aromatic N) is 1. The van der Waals surface area contributed by atoms with Crippen LogP contribution >= 0.6 is 0 Å². The molecular formula is C15H18N2O4. The van der Waals surface area contributed by atoms with Crippen LogP contribution in [0.15, 0.2) is 18.2 Å². The van der Waals surface area contributed by atoms with Gasteiger partial charge in [0.15, 0.2) is 6.61 Å². The van der Waals surface area contributed by atoms with Crippen molar-refractivity contribution in [1.29, 1.82) is 0 Å². The Labute approximate surface area is 122 Å². The quantitative estimate of drug-likeness (QED) is 0.809. The van der Waals surface area contributed by atoms with Crippen molar-refractivity contribution in [3.63, 3.8) is 0 Å². The zero-order valence-electron chi connectivity index (χ0n) is 11.9. The van der Waals surface area contributed by atoms with Gasteiger partial charge in [-0.2, -0.15) is 0 Å². The minimum Gasteiger partial charge on any atom is -0.482 e. The van der Waals surface area contributed by atoms with E-state index in [0.717, 1.165) is 6.42 Å². The van der Waals surface area contributed by atoms with Gasteiger partial charge in [-0.25, -0.2) is 0 Å². The molecule has 0 saturated carbocycles. The number of β-amino-alcohol motifs (C(OH)–C–C–N with tert-alkyl or cyclic N) is 1. The van der Waals surface area contributed by atoms with Crippen molar-refractivity contribution in [3.8, 4) is 5.75 Å². The summed E-state index contributed by atoms with van der Waals surface area (Å²) in [6.07, 6.45) is 1.49. The molecule has 21 heavy (non-hydrogen) atoms. The van der Waals surface area contributed by atoms with Crippen molar-refractivity contribution < 1.29 is 19.4 Å². The van der Waals surface area contributed by atoms with Crippen LogP contribution in [0.25, 0.3) is 0 Å². The Bertz CT molecular complexity index is 597. The highest BCUT2D eigenvalue weighted by Gasteiger charge is 2.31. The summed E-state index contributed by atoms with van der Waals surface area (Å²) in [6.45, 7) is 2.69. The molecule has 6 nitrogen and oxygen atoms in total. The van der Waals surface area contributed by atoms with Crippen LogP contribution in [0.3, 0.4) is 0 Å². The first-order chi connectivity index (χ1) is 9.94. The minimum atomic E-state index is -0.827. The van der Waals surface area contributed by atoms with Gasteiger partial charge in [0.25, 0.3) is 11.8 Å². The van der Waals surface area contributed by atoms with E-state index in [2.05, 4.69) is 5.32 Å². The van der Waals surface area contributed by atoms with Crippen molar-refractivity contribution in [3.05, 3.63) is 23.8 Å². The third-order valence-corrected chi connectivity index (χ3v) is 3.82. The van der Waals surface area contributed by atoms with Crippen LogP contribution in [-0.2, 0) is 4.79 Å². The molecule has 0 aromatic heterocycles. The van der Waals surface area contributed by atoms with Crippen molar-refractivity contribution >= 4 is 17.5 Å². The van der Waals surface area contributed by atoms with E-state index in [4.69, 9.17) is 4.74 Å². The Morgan fingerprint density at radius 3 is 3.05 bits per heavy atom. The lowest BCUT2D eigenvalue weighted by Crippen LogP contribution is -2.48. The molecule has 1 fully saturated rings. The second kappa shape index (κ2) is 5.04. The first-order valence-corrected chi connectivity index (χ1v) is 7.03. The molecule has 2 N–H and O–H groups in total. The molecule has 0 aliphatic carbocycles. The van der Waals surface area contributed by atoms with Gasteiger partial charge in [0.1, 0.15) is 5.75 Å². The number of ether oxygens (including phenoxy) is 1. The van der Waals surface area contributed by atoms with Crippen LogP contribution in [-0.4, -0.2) is 47.1 Å². The zero-order chi connectivity index (χ0) is 15.0. The monoisotopic (exact) mass is 290 g/mol. The fraction of sp³-hybridized carbons (Fsp3) is 0.467. The summed E-state index contributed by atoms with van der Waals surface area (Å²) >= 11 is 0. The maximum Gasteiger partial charge on any atom is 0.262 e. The van der Waals surface area contributed by atoms with Gasteiger partial charge in [0.2, 0.25) is 0 Å². The predicted octanol–water partition coefficient (Wildman–Crippen LogP) is 1.00. The number of hydrogen-bond donors (Lipinski definition) is 2. The first-order valence-electron chi connectivity index (χ1n) is 7.03. The second-order valence-corrected chi connectivity index (χ2v) is 5.87. The number of hydrogen-bond acceptors (Lipinski definition) is 4. The lowest BCUT2D eigenvalue weighted by atomic mass is 9.94. The number of aliphatic hydroxyl groups is 1. The number of amides is 2. The Kier molecular flexibility index (Phi) is 3.33. The van der Waals surface area contributed by atoms with Crippen LogP contribution in [0, 0.1) is 0 Å². The summed E-state index contributed by atoms with van der Waals surface area (Å²) in [5.41, 5.74) is 0.253. The highest BCUT2D eigenvalue weighted by Crippen LogP contribution is 2.30. The van der Waals surface area contributed by atoms with Gasteiger partial charge in [0, 0.05) is 18.7 Å². The number of carbonyl (C=O) groups is 2. The fourth-order valence-corrected chi connectivity index (χ4v) is 2.78. The molecule has 6 heteroatoms. The molecule has 0 radical (unpaired) electrons. The van der Waals surface area contributed by atoms with Crippen molar-refractivity contribution in [1.82, 2.24) is 4.90 Å². The molecule has 112 valence electrons. The molecule has 2 amide bonds. The van der Waals surface area contributed by atoms with E-state index in [0.29, 0.717) is 36.5 Å². The predicted molar refractivity (Wildman–Crippen MR) is 76.3 cm³/mol. The number of benzene rings is 1. The Balaban J connectivity index is 1.80. The average molecular weight is 290 g/mol. The van der Waals surface area contributed by atoms with E-state index in [1.807, 2.05) is 0 Å². The van der Waals surface area contributed by atoms with Crippen molar-refractivity contribution in [2.75, 3.05) is 25.0 Å². The number of carbonyl (C=O) groups excluding carboxylic acids is 2. The van der Waals surface area contributed by atoms with Gasteiger partial charge < -0.3 is 20.1 Å². The van der Waals surface area contributed by atoms with Crippen LogP contribution in [0.5, 0.6) is 5.75 Å². The second-order valence-electron chi connectivity index (χ2n) is 5.87. The molecule has 1 atom stereocenters. The molecule has 2 aliphatic rings. The van der Waals surface area contributed by atoms with E-state index < -0.39 is 5.60 Å². The number of piperidine rings is 1. The Morgan fingerprint density at radius 2 is 2.29 bits per heavy atom. The van der Waals surface area contributed by atoms with Crippen LogP contribution in [0.1, 0.15) is 30.1 Å². The fourth-order valence-electron chi connectivity index (χ4n) is 2.78. The standard InChI is InChI=1S/C15H18N2O4/c1-15(20)5-2-6-17(9-15)14(19)10-3-4-11-12(7-10)21-8-13(18)16-11/h3-4,7,20H,2,5-6,8-9H2,1H3,(H,16,18). The van der Waals surface area contributed by atoms with Gasteiger partial charge >= 0.3 is 0 Å². The Hall–Kier alpha value is -2.08. The topological polar surface area (TPSA) is 78.9 Å². The Morgan fingerprint density at radius 1 is 1.48 bits per heavy atom. The average Bonchev–Trinajstić information content (AvgIpc) is 2.45. The molecule has 3 rings (SSSR count). The minimum absolute atomic E-state index is 0.0386. The largest absolute Gasteiger partial charge is 0.482 e. The number of fused-ring (bicyclic) bond motifs is 1. The molecule has 0 bridgehead atoms. The van der Waals surface area contributed by atoms with Crippen molar-refractivity contribution in [2.24, 2.45) is 0 Å². The summed E-state index contributed by atoms with van der Waals surface area (Å²) in [4.78, 5) is 25.4. The summed E-state index contributed by atoms with van der Waals surface area (Å²) in [7, 11) is 0. The SMILES string of the molecule is CC1(O)CCCN(C(=O)c2ccc3c(c2)OCC(=O)N3)C1. The van der Waals surface area contributed by atoms with E-state index in [1.54, 1.807) is 30.0 Å². The lowest BCUT2D eigenvalue weighted by Gasteiger charge is -2.37. The number of rotatable bonds is 1. The van der Waals surface area contributed by atoms with Crippen LogP contribution in [0.4, 0.5) is 5.69 Å². The van der Waals surface area contributed by atoms with Crippen LogP contribution in [0.2, 0.25) is 0 Å². The molecule has 1 aromatic carbocycles. The van der Waals surface area contributed by atoms with Gasteiger partial charge in [-0.15, -0.1) is 0 Å². The van der Waals surface area contributed by atoms with Crippen LogP contribution < -0.4 is 10.1 Å². The summed E-state index contributed by atoms with van der Waals surface area (Å²) in [5, 5.41) is 12.8. The number of anilines is 1. The molecule has 0 spiro atoms. The normalized spacial score (nSPS) is 24.9. The van der Waals surface area contributed by atoms with Gasteiger partial charge in [-0.3, -0.25) is 9.59 Å². The van der Waals surface area contributed by atoms with E-state index in [-0.39, 0.29) is 18.4 Å². The lowest BCUT2D eigenvalue weighted by molar-refractivity contribution is -0.118. The third-order valence-electron chi connectivity index (χ3n) is 3.82. The van der Waals surface area contributed by atoms with Gasteiger partial charge in [0.05, 0.1) is 11.3 Å². The molecule has 2 aliphatic heterocycles. The highest BCUT2D eigenvalue weighted by atomic mass is 16.5. The first kappa shape index (κ1) is 13.9. The summed E-state index contributed by atoms with van der Waals surface area (Å²) < 4.78 is 5.32. The molecule has 2 heterocycles. The van der Waals surface area contributed by atoms with E-state index in [1.165, 1.54) is 0 Å². The maximum atomic E-state index is 12.5. The summed E-state index contributed by atoms with van der Waals surface area (Å²) in [5.74, 6) is 0.177. The van der Waals surface area contributed by atoms with E-state index >= 15 is 0 Å². The molecule has 1 aromatic rings. The number of likely N-dealkylation sites (tertiary alicyclic amines) is 1. The molecule has 1 saturated heterocycles. The van der Waals surface area contributed by atoms with E-state index in [9.17, 15) is 14.7 Å². The van der Waals surface area contributed by atoms with Gasteiger partial charge in [-0.05, 0) is 38.0 Å². The number of nitrogens with one attached hydrogen (secondary N) is 1. The third kappa shape index (κ3) is 2.85. The zero-order valence-corrected chi connectivity index (χ0v) is 11.9. The smallest absolute Gasteiger partial charge is 0.262 e. The highest BCUT2D eigenvalue weighted by molar-refractivity contribution is 5.99. The summed E-state index contributed by atoms with van der Waals surface area (Å²) in [6, 6.07) is 4.97. The van der Waals surface area contributed by atoms with Gasteiger partial charge in [-0.1, -0.05) is 0 Å². The maximum absolute atomic E-state index is 12.5. The van der Waals surface area contributed by atoms with Crippen molar-refractivity contribution in [2.45, 2.75) is 25.4 Å².